The Labute approximate surface area is 304 Å². The van der Waals surface area contributed by atoms with Crippen LogP contribution in [-0.2, 0) is 9.59 Å². The van der Waals surface area contributed by atoms with Crippen molar-refractivity contribution in [2.24, 2.45) is 0 Å². The number of hydrogen-bond acceptors (Lipinski definition) is 4. The second kappa shape index (κ2) is 34.8. The van der Waals surface area contributed by atoms with Gasteiger partial charge in [0, 0.05) is 24.9 Å². The molecule has 0 rings (SSSR count). The second-order valence-electron chi connectivity index (χ2n) is 14.7. The molecule has 4 N–H and O–H groups in total. The summed E-state index contributed by atoms with van der Waals surface area (Å²) in [4.78, 5) is 25.5. The topological polar surface area (TPSA) is 90.5 Å². The van der Waals surface area contributed by atoms with Crippen LogP contribution in [0.4, 0.5) is 0 Å². The van der Waals surface area contributed by atoms with Crippen LogP contribution in [0.5, 0.6) is 0 Å². The smallest absolute Gasteiger partial charge is 0.220 e. The van der Waals surface area contributed by atoms with Gasteiger partial charge in [0.25, 0.3) is 0 Å². The lowest BCUT2D eigenvalue weighted by atomic mass is 9.84. The van der Waals surface area contributed by atoms with E-state index < -0.39 is 5.54 Å². The highest BCUT2D eigenvalue weighted by Gasteiger charge is 2.41. The number of allylic oxidation sites excluding steroid dienone is 4. The molecule has 6 nitrogen and oxygen atoms in total. The van der Waals surface area contributed by atoms with Gasteiger partial charge in [-0.2, -0.15) is 0 Å². The molecule has 0 aromatic heterocycles. The standard InChI is InChI=1S/C43H83N3O3/c1-6-8-10-12-14-16-18-20-22-24-26-28-30-32-34-36-41(48)45-39(3)43(38-47,44-5)40(4)46-42(49)37-35-33-31-29-27-25-23-21-19-17-15-13-11-9-7-2/h20-23,39-40,44,47H,6-19,24-38H2,1-5H3,(H,45,48)(H,46,49)/b22-20-,23-21-. The number of amides is 2. The summed E-state index contributed by atoms with van der Waals surface area (Å²) in [6, 6.07) is -0.679. The van der Waals surface area contributed by atoms with E-state index >= 15 is 0 Å². The maximum atomic E-state index is 12.8. The molecule has 0 radical (unpaired) electrons. The highest BCUT2D eigenvalue weighted by Crippen LogP contribution is 2.18. The maximum Gasteiger partial charge on any atom is 0.220 e. The predicted octanol–water partition coefficient (Wildman–Crippen LogP) is 11.0. The van der Waals surface area contributed by atoms with Crippen molar-refractivity contribution in [2.45, 2.75) is 225 Å². The Morgan fingerprint density at radius 1 is 0.510 bits per heavy atom. The zero-order chi connectivity index (χ0) is 36.3. The molecule has 0 bridgehead atoms. The van der Waals surface area contributed by atoms with Crippen molar-refractivity contribution >= 4 is 11.8 Å². The monoisotopic (exact) mass is 690 g/mol. The summed E-state index contributed by atoms with van der Waals surface area (Å²) in [6.45, 7) is 8.17. The summed E-state index contributed by atoms with van der Waals surface area (Å²) in [7, 11) is 1.79. The van der Waals surface area contributed by atoms with Crippen molar-refractivity contribution in [2.75, 3.05) is 13.7 Å². The van der Waals surface area contributed by atoms with Gasteiger partial charge in [-0.15, -0.1) is 0 Å². The lowest BCUT2D eigenvalue weighted by Crippen LogP contribution is -2.70. The minimum Gasteiger partial charge on any atom is -0.394 e. The van der Waals surface area contributed by atoms with Gasteiger partial charge in [-0.05, 0) is 85.1 Å². The van der Waals surface area contributed by atoms with Gasteiger partial charge < -0.3 is 21.1 Å². The maximum absolute atomic E-state index is 12.8. The van der Waals surface area contributed by atoms with E-state index in [2.05, 4.69) is 54.1 Å². The fourth-order valence-corrected chi connectivity index (χ4v) is 6.76. The Balaban J connectivity index is 4.07. The first-order chi connectivity index (χ1) is 23.9. The Bertz CT molecular complexity index is 746. The molecule has 0 aliphatic heterocycles. The van der Waals surface area contributed by atoms with Gasteiger partial charge in [0.1, 0.15) is 0 Å². The summed E-state index contributed by atoms with van der Waals surface area (Å²) in [5, 5.41) is 19.8. The molecule has 0 saturated heterocycles. The van der Waals surface area contributed by atoms with Crippen LogP contribution in [0.25, 0.3) is 0 Å². The van der Waals surface area contributed by atoms with Crippen LogP contribution < -0.4 is 16.0 Å². The molecule has 0 heterocycles. The van der Waals surface area contributed by atoms with Crippen LogP contribution in [-0.4, -0.2) is 48.2 Å². The van der Waals surface area contributed by atoms with E-state index in [9.17, 15) is 14.7 Å². The molecule has 0 aliphatic carbocycles. The predicted molar refractivity (Wildman–Crippen MR) is 213 cm³/mol. The summed E-state index contributed by atoms with van der Waals surface area (Å²) in [5.74, 6) is 0.00930. The third-order valence-electron chi connectivity index (χ3n) is 10.4. The number of carbonyl (C=O) groups is 2. The zero-order valence-electron chi connectivity index (χ0n) is 33.2. The first-order valence-corrected chi connectivity index (χ1v) is 21.1. The van der Waals surface area contributed by atoms with E-state index in [-0.39, 0.29) is 30.5 Å². The normalized spacial score (nSPS) is 14.3. The molecule has 0 aromatic carbocycles. The highest BCUT2D eigenvalue weighted by molar-refractivity contribution is 5.77. The van der Waals surface area contributed by atoms with Crippen molar-refractivity contribution in [1.29, 1.82) is 0 Å². The average molecular weight is 690 g/mol. The largest absolute Gasteiger partial charge is 0.394 e. The lowest BCUT2D eigenvalue weighted by Gasteiger charge is -2.42. The van der Waals surface area contributed by atoms with Crippen LogP contribution in [0.3, 0.4) is 0 Å². The molecule has 2 amide bonds. The molecule has 2 unspecified atom stereocenters. The fraction of sp³-hybridized carbons (Fsp3) is 0.860. The van der Waals surface area contributed by atoms with Crippen molar-refractivity contribution in [3.8, 4) is 0 Å². The number of carbonyl (C=O) groups excluding carboxylic acids is 2. The van der Waals surface area contributed by atoms with E-state index in [4.69, 9.17) is 0 Å². The third-order valence-corrected chi connectivity index (χ3v) is 10.4. The van der Waals surface area contributed by atoms with Gasteiger partial charge in [0.05, 0.1) is 12.1 Å². The quantitative estimate of drug-likeness (QED) is 0.0389. The second-order valence-corrected chi connectivity index (χ2v) is 14.7. The van der Waals surface area contributed by atoms with Gasteiger partial charge >= 0.3 is 0 Å². The molecule has 0 saturated carbocycles. The first-order valence-electron chi connectivity index (χ1n) is 21.1. The number of aliphatic hydroxyl groups excluding tert-OH is 1. The number of aliphatic hydroxyl groups is 1. The average Bonchev–Trinajstić information content (AvgIpc) is 3.09. The summed E-state index contributed by atoms with van der Waals surface area (Å²) < 4.78 is 0. The van der Waals surface area contributed by atoms with Crippen molar-refractivity contribution in [3.63, 3.8) is 0 Å². The number of rotatable bonds is 36. The number of hydrogen-bond donors (Lipinski definition) is 4. The number of likely N-dealkylation sites (N-methyl/N-ethyl adjacent to an activating group) is 1. The molecule has 0 aromatic rings. The SMILES string of the molecule is CCCCCCCC/C=C\CCCCCCCC(=O)NC(C)C(CO)(NC)C(C)NC(=O)CCCCCCC/C=C\CCCCCCCC. The van der Waals surface area contributed by atoms with E-state index in [1.807, 2.05) is 13.8 Å². The Morgan fingerprint density at radius 3 is 1.08 bits per heavy atom. The van der Waals surface area contributed by atoms with E-state index in [1.54, 1.807) is 7.05 Å². The van der Waals surface area contributed by atoms with E-state index in [0.717, 1.165) is 51.4 Å². The summed E-state index contributed by atoms with van der Waals surface area (Å²) in [5.41, 5.74) is -0.837. The van der Waals surface area contributed by atoms with Crippen molar-refractivity contribution in [3.05, 3.63) is 24.3 Å². The van der Waals surface area contributed by atoms with Gasteiger partial charge in [0.15, 0.2) is 0 Å². The summed E-state index contributed by atoms with van der Waals surface area (Å²) in [6.07, 6.45) is 42.5. The van der Waals surface area contributed by atoms with Crippen LogP contribution in [0.15, 0.2) is 24.3 Å². The number of nitrogens with one attached hydrogen (secondary N) is 3. The van der Waals surface area contributed by atoms with Gasteiger partial charge in [0.2, 0.25) is 11.8 Å². The van der Waals surface area contributed by atoms with Crippen LogP contribution in [0.1, 0.15) is 207 Å². The minimum atomic E-state index is -0.837. The molecule has 2 atom stereocenters. The zero-order valence-corrected chi connectivity index (χ0v) is 33.2. The first kappa shape index (κ1) is 47.3. The van der Waals surface area contributed by atoms with E-state index in [0.29, 0.717) is 12.8 Å². The van der Waals surface area contributed by atoms with Crippen molar-refractivity contribution < 1.29 is 14.7 Å². The molecular formula is C43H83N3O3. The molecule has 0 aliphatic rings. The highest BCUT2D eigenvalue weighted by atomic mass is 16.3. The van der Waals surface area contributed by atoms with Crippen LogP contribution in [0.2, 0.25) is 0 Å². The fourth-order valence-electron chi connectivity index (χ4n) is 6.76. The van der Waals surface area contributed by atoms with E-state index in [1.165, 1.54) is 116 Å². The summed E-state index contributed by atoms with van der Waals surface area (Å²) >= 11 is 0. The Morgan fingerprint density at radius 2 is 0.796 bits per heavy atom. The molecule has 49 heavy (non-hydrogen) atoms. The molecule has 0 fully saturated rings. The Kier molecular flexibility index (Phi) is 33.6. The van der Waals surface area contributed by atoms with Gasteiger partial charge in [-0.3, -0.25) is 9.59 Å². The number of unbranched alkanes of at least 4 members (excludes halogenated alkanes) is 22. The van der Waals surface area contributed by atoms with Crippen LogP contribution >= 0.6 is 0 Å². The third kappa shape index (κ3) is 26.8. The van der Waals surface area contributed by atoms with Gasteiger partial charge in [-0.1, -0.05) is 141 Å². The van der Waals surface area contributed by atoms with Crippen LogP contribution in [0, 0.1) is 0 Å². The Hall–Kier alpha value is -1.66. The lowest BCUT2D eigenvalue weighted by molar-refractivity contribution is -0.123. The van der Waals surface area contributed by atoms with Gasteiger partial charge in [-0.25, -0.2) is 0 Å². The molecule has 0 spiro atoms. The molecular weight excluding hydrogens is 606 g/mol. The molecule has 6 heteroatoms. The van der Waals surface area contributed by atoms with Crippen molar-refractivity contribution in [1.82, 2.24) is 16.0 Å². The molecule has 288 valence electrons. The minimum absolute atomic E-state index is 0.00465.